The number of carboxylic acid groups (broad SMARTS) is 1. The monoisotopic (exact) mass is 386 g/mol. The van der Waals surface area contributed by atoms with E-state index in [1.807, 2.05) is 13.8 Å². The molecule has 0 aliphatic carbocycles. The second-order valence-electron chi connectivity index (χ2n) is 7.10. The van der Waals surface area contributed by atoms with E-state index in [1.165, 1.54) is 13.8 Å². The predicted octanol–water partition coefficient (Wildman–Crippen LogP) is -0.0153. The molecule has 9 nitrogen and oxygen atoms in total. The molecule has 0 bridgehead atoms. The van der Waals surface area contributed by atoms with Crippen molar-refractivity contribution in [2.24, 2.45) is 17.6 Å². The predicted molar refractivity (Wildman–Crippen MR) is 102 cm³/mol. The van der Waals surface area contributed by atoms with Crippen molar-refractivity contribution in [3.8, 4) is 0 Å². The Hall–Kier alpha value is -2.16. The van der Waals surface area contributed by atoms with E-state index in [0.717, 1.165) is 0 Å². The average Bonchev–Trinajstić information content (AvgIpc) is 2.61. The van der Waals surface area contributed by atoms with Crippen LogP contribution in [0.2, 0.25) is 0 Å². The summed E-state index contributed by atoms with van der Waals surface area (Å²) < 4.78 is 0. The lowest BCUT2D eigenvalue weighted by molar-refractivity contribution is -0.144. The first-order valence-electron chi connectivity index (χ1n) is 9.35. The van der Waals surface area contributed by atoms with Crippen LogP contribution in [0.4, 0.5) is 0 Å². The van der Waals surface area contributed by atoms with E-state index in [0.29, 0.717) is 12.8 Å². The molecular formula is C18H34N4O5. The summed E-state index contributed by atoms with van der Waals surface area (Å²) in [5.74, 6) is -3.19. The molecule has 3 amide bonds. The second kappa shape index (κ2) is 11.5. The van der Waals surface area contributed by atoms with E-state index in [1.54, 1.807) is 13.8 Å². The van der Waals surface area contributed by atoms with Gasteiger partial charge in [-0.15, -0.1) is 0 Å². The number of nitrogens with one attached hydrogen (secondary N) is 3. The Labute approximate surface area is 160 Å². The molecule has 9 heteroatoms. The fraction of sp³-hybridized carbons (Fsp3) is 0.778. The van der Waals surface area contributed by atoms with Gasteiger partial charge in [0.2, 0.25) is 17.7 Å². The van der Waals surface area contributed by atoms with Gasteiger partial charge in [0, 0.05) is 0 Å². The number of hydrogen-bond acceptors (Lipinski definition) is 5. The number of amides is 3. The number of hydrogen-bond donors (Lipinski definition) is 5. The highest BCUT2D eigenvalue weighted by Crippen LogP contribution is 2.12. The van der Waals surface area contributed by atoms with Crippen molar-refractivity contribution in [1.29, 1.82) is 0 Å². The molecule has 0 aliphatic heterocycles. The van der Waals surface area contributed by atoms with E-state index < -0.39 is 47.9 Å². The van der Waals surface area contributed by atoms with Crippen molar-refractivity contribution in [2.75, 3.05) is 0 Å². The average molecular weight is 386 g/mol. The van der Waals surface area contributed by atoms with Crippen molar-refractivity contribution in [2.45, 2.75) is 78.6 Å². The number of aliphatic carboxylic acids is 1. The summed E-state index contributed by atoms with van der Waals surface area (Å²) in [4.78, 5) is 48.1. The van der Waals surface area contributed by atoms with Gasteiger partial charge in [-0.3, -0.25) is 14.4 Å². The first kappa shape index (κ1) is 24.8. The number of carbonyl (C=O) groups excluding carboxylic acids is 3. The van der Waals surface area contributed by atoms with Crippen LogP contribution < -0.4 is 21.7 Å². The maximum atomic E-state index is 12.7. The Kier molecular flexibility index (Phi) is 10.6. The molecule has 0 heterocycles. The fourth-order valence-electron chi connectivity index (χ4n) is 2.32. The van der Waals surface area contributed by atoms with Crippen LogP contribution in [0, 0.1) is 11.8 Å². The van der Waals surface area contributed by atoms with Gasteiger partial charge in [0.1, 0.15) is 18.1 Å². The lowest BCUT2D eigenvalue weighted by Gasteiger charge is -2.28. The van der Waals surface area contributed by atoms with Crippen LogP contribution in [0.3, 0.4) is 0 Å². The highest BCUT2D eigenvalue weighted by atomic mass is 16.4. The van der Waals surface area contributed by atoms with E-state index in [9.17, 15) is 24.3 Å². The molecule has 0 rings (SSSR count). The third-order valence-corrected chi connectivity index (χ3v) is 4.74. The number of rotatable bonds is 11. The Bertz CT molecular complexity index is 538. The molecule has 0 radical (unpaired) electrons. The van der Waals surface area contributed by atoms with Crippen LogP contribution in [0.25, 0.3) is 0 Å². The summed E-state index contributed by atoms with van der Waals surface area (Å²) in [6, 6.07) is -3.60. The Morgan fingerprint density at radius 3 is 1.63 bits per heavy atom. The molecule has 0 spiro atoms. The van der Waals surface area contributed by atoms with Crippen LogP contribution in [-0.2, 0) is 19.2 Å². The van der Waals surface area contributed by atoms with Crippen LogP contribution in [-0.4, -0.2) is 53.0 Å². The third kappa shape index (κ3) is 7.94. The molecule has 0 saturated carbocycles. The zero-order valence-electron chi connectivity index (χ0n) is 17.0. The van der Waals surface area contributed by atoms with Gasteiger partial charge >= 0.3 is 5.97 Å². The smallest absolute Gasteiger partial charge is 0.326 e. The molecule has 0 aliphatic rings. The summed E-state index contributed by atoms with van der Waals surface area (Å²) in [5, 5.41) is 17.0. The van der Waals surface area contributed by atoms with Gasteiger partial charge < -0.3 is 26.8 Å². The molecule has 0 unspecified atom stereocenters. The third-order valence-electron chi connectivity index (χ3n) is 4.74. The summed E-state index contributed by atoms with van der Waals surface area (Å²) in [6.45, 7) is 10.2. The van der Waals surface area contributed by atoms with Gasteiger partial charge in [0.05, 0.1) is 6.04 Å². The zero-order valence-corrected chi connectivity index (χ0v) is 17.0. The van der Waals surface area contributed by atoms with Crippen molar-refractivity contribution in [3.63, 3.8) is 0 Å². The molecule has 0 aromatic heterocycles. The SMILES string of the molecule is CC[C@H](C)[C@H](NC(=O)[C@@H](NC(=O)[C@H](C)NC(=O)[C@H](C)N)[C@@H](C)CC)C(=O)O. The van der Waals surface area contributed by atoms with Gasteiger partial charge in [-0.1, -0.05) is 40.5 Å². The first-order valence-corrected chi connectivity index (χ1v) is 9.35. The molecular weight excluding hydrogens is 352 g/mol. The molecule has 0 aromatic rings. The Balaban J connectivity index is 5.21. The number of carbonyl (C=O) groups is 4. The summed E-state index contributed by atoms with van der Waals surface area (Å²) in [6.07, 6.45) is 1.18. The molecule has 27 heavy (non-hydrogen) atoms. The minimum Gasteiger partial charge on any atom is -0.480 e. The largest absolute Gasteiger partial charge is 0.480 e. The lowest BCUT2D eigenvalue weighted by atomic mass is 9.95. The van der Waals surface area contributed by atoms with Crippen molar-refractivity contribution in [3.05, 3.63) is 0 Å². The van der Waals surface area contributed by atoms with Gasteiger partial charge in [-0.05, 0) is 25.7 Å². The maximum absolute atomic E-state index is 12.7. The lowest BCUT2D eigenvalue weighted by Crippen LogP contribution is -2.58. The van der Waals surface area contributed by atoms with E-state index in [2.05, 4.69) is 16.0 Å². The Morgan fingerprint density at radius 1 is 0.778 bits per heavy atom. The van der Waals surface area contributed by atoms with Crippen LogP contribution >= 0.6 is 0 Å². The van der Waals surface area contributed by atoms with Crippen molar-refractivity contribution < 1.29 is 24.3 Å². The van der Waals surface area contributed by atoms with Crippen LogP contribution in [0.1, 0.15) is 54.4 Å². The van der Waals surface area contributed by atoms with E-state index >= 15 is 0 Å². The second-order valence-corrected chi connectivity index (χ2v) is 7.10. The summed E-state index contributed by atoms with van der Waals surface area (Å²) >= 11 is 0. The highest BCUT2D eigenvalue weighted by Gasteiger charge is 2.32. The standard InChI is InChI=1S/C18H34N4O5/c1-7-9(3)13(17(25)22-14(18(26)27)10(4)8-2)21-16(24)12(6)20-15(23)11(5)19/h9-14H,7-8,19H2,1-6H3,(H,20,23)(H,21,24)(H,22,25)(H,26,27)/t9-,10-,11-,12-,13-,14-/m0/s1. The minimum atomic E-state index is -1.12. The number of carboxylic acids is 1. The Morgan fingerprint density at radius 2 is 1.22 bits per heavy atom. The van der Waals surface area contributed by atoms with E-state index in [4.69, 9.17) is 5.73 Å². The van der Waals surface area contributed by atoms with E-state index in [-0.39, 0.29) is 11.8 Å². The normalized spacial score (nSPS) is 17.6. The van der Waals surface area contributed by atoms with Gasteiger partial charge in [-0.25, -0.2) is 4.79 Å². The van der Waals surface area contributed by atoms with Gasteiger partial charge in [-0.2, -0.15) is 0 Å². The summed E-state index contributed by atoms with van der Waals surface area (Å²) in [7, 11) is 0. The topological polar surface area (TPSA) is 151 Å². The molecule has 6 atom stereocenters. The zero-order chi connectivity index (χ0) is 21.3. The van der Waals surface area contributed by atoms with Crippen molar-refractivity contribution in [1.82, 2.24) is 16.0 Å². The van der Waals surface area contributed by atoms with Gasteiger partial charge in [0.15, 0.2) is 0 Å². The molecule has 0 fully saturated rings. The quantitative estimate of drug-likeness (QED) is 0.337. The molecule has 0 aromatic carbocycles. The van der Waals surface area contributed by atoms with Crippen LogP contribution in [0.15, 0.2) is 0 Å². The number of nitrogens with two attached hydrogens (primary N) is 1. The van der Waals surface area contributed by atoms with Crippen molar-refractivity contribution >= 4 is 23.7 Å². The van der Waals surface area contributed by atoms with Gasteiger partial charge in [0.25, 0.3) is 0 Å². The summed E-state index contributed by atoms with van der Waals surface area (Å²) in [5.41, 5.74) is 5.46. The maximum Gasteiger partial charge on any atom is 0.326 e. The minimum absolute atomic E-state index is 0.225. The van der Waals surface area contributed by atoms with Crippen LogP contribution in [0.5, 0.6) is 0 Å². The molecule has 6 N–H and O–H groups in total. The fourth-order valence-corrected chi connectivity index (χ4v) is 2.32. The highest BCUT2D eigenvalue weighted by molar-refractivity contribution is 5.94. The molecule has 0 saturated heterocycles. The first-order chi connectivity index (χ1) is 12.5. The molecule has 156 valence electrons.